The molecule has 6 nitrogen and oxygen atoms in total. The number of methoxy groups -OCH3 is 1. The lowest BCUT2D eigenvalue weighted by molar-refractivity contribution is 0.000167. The standard InChI is InChI=1S/C24H35NO5/c1-19-5-6-20(2)24(15-19)21-16-22(25-3)18-23(17-21)30-14-13-29-12-11-28-10-9-27-8-7-26-4/h5-6,15-18,25H,7-14H2,1-4H3. The number of hydrogen-bond acceptors (Lipinski definition) is 6. The van der Waals surface area contributed by atoms with E-state index in [-0.39, 0.29) is 0 Å². The summed E-state index contributed by atoms with van der Waals surface area (Å²) in [5.41, 5.74) is 5.86. The predicted octanol–water partition coefficient (Wildman–Crippen LogP) is 4.09. The minimum absolute atomic E-state index is 0.486. The summed E-state index contributed by atoms with van der Waals surface area (Å²) in [6, 6.07) is 12.7. The summed E-state index contributed by atoms with van der Waals surface area (Å²) in [5, 5.41) is 3.21. The number of anilines is 1. The maximum absolute atomic E-state index is 5.93. The Hall–Kier alpha value is -2.12. The van der Waals surface area contributed by atoms with E-state index in [0.717, 1.165) is 17.0 Å². The number of rotatable bonds is 15. The number of ether oxygens (including phenoxy) is 5. The molecule has 0 aliphatic carbocycles. The van der Waals surface area contributed by atoms with Gasteiger partial charge in [0.2, 0.25) is 0 Å². The van der Waals surface area contributed by atoms with Crippen LogP contribution in [0, 0.1) is 13.8 Å². The van der Waals surface area contributed by atoms with Crippen LogP contribution in [0.1, 0.15) is 11.1 Å². The molecule has 0 bridgehead atoms. The zero-order valence-electron chi connectivity index (χ0n) is 18.7. The first kappa shape index (κ1) is 24.2. The third-order valence-electron chi connectivity index (χ3n) is 4.57. The average molecular weight is 418 g/mol. The normalized spacial score (nSPS) is 10.9. The van der Waals surface area contributed by atoms with Gasteiger partial charge in [0.25, 0.3) is 0 Å². The average Bonchev–Trinajstić information content (AvgIpc) is 2.76. The van der Waals surface area contributed by atoms with E-state index >= 15 is 0 Å². The maximum Gasteiger partial charge on any atom is 0.122 e. The summed E-state index contributed by atoms with van der Waals surface area (Å²) in [4.78, 5) is 0. The van der Waals surface area contributed by atoms with Gasteiger partial charge in [-0.3, -0.25) is 0 Å². The van der Waals surface area contributed by atoms with Crippen molar-refractivity contribution in [1.82, 2.24) is 0 Å². The van der Waals surface area contributed by atoms with Gasteiger partial charge < -0.3 is 29.0 Å². The van der Waals surface area contributed by atoms with Crippen LogP contribution in [-0.4, -0.2) is 67.0 Å². The van der Waals surface area contributed by atoms with Gasteiger partial charge in [-0.2, -0.15) is 0 Å². The first-order valence-electron chi connectivity index (χ1n) is 10.4. The summed E-state index contributed by atoms with van der Waals surface area (Å²) in [6.45, 7) is 8.63. The first-order valence-corrected chi connectivity index (χ1v) is 10.4. The van der Waals surface area contributed by atoms with Crippen LogP contribution in [-0.2, 0) is 18.9 Å². The van der Waals surface area contributed by atoms with Crippen LogP contribution in [0.2, 0.25) is 0 Å². The number of aryl methyl sites for hydroxylation is 2. The molecule has 0 aromatic heterocycles. The Bertz CT molecular complexity index is 750. The van der Waals surface area contributed by atoms with Gasteiger partial charge in [-0.15, -0.1) is 0 Å². The molecule has 0 saturated carbocycles. The molecule has 1 N–H and O–H groups in total. The lowest BCUT2D eigenvalue weighted by Crippen LogP contribution is -2.13. The lowest BCUT2D eigenvalue weighted by Gasteiger charge is -2.13. The highest BCUT2D eigenvalue weighted by Crippen LogP contribution is 2.31. The van der Waals surface area contributed by atoms with Crippen molar-refractivity contribution < 1.29 is 23.7 Å². The summed E-state index contributed by atoms with van der Waals surface area (Å²) < 4.78 is 27.2. The molecular weight excluding hydrogens is 382 g/mol. The molecule has 0 fully saturated rings. The minimum Gasteiger partial charge on any atom is -0.491 e. The van der Waals surface area contributed by atoms with Gasteiger partial charge in [0.1, 0.15) is 12.4 Å². The Morgan fingerprint density at radius 1 is 0.733 bits per heavy atom. The molecule has 0 spiro atoms. The summed E-state index contributed by atoms with van der Waals surface area (Å²) >= 11 is 0. The molecule has 0 amide bonds. The molecule has 0 aliphatic rings. The zero-order chi connectivity index (χ0) is 21.6. The van der Waals surface area contributed by atoms with Crippen molar-refractivity contribution in [3.05, 3.63) is 47.5 Å². The van der Waals surface area contributed by atoms with Gasteiger partial charge >= 0.3 is 0 Å². The van der Waals surface area contributed by atoms with Crippen LogP contribution in [0.25, 0.3) is 11.1 Å². The second-order valence-electron chi connectivity index (χ2n) is 6.99. The second-order valence-corrected chi connectivity index (χ2v) is 6.99. The Morgan fingerprint density at radius 3 is 2.00 bits per heavy atom. The molecule has 0 aliphatic heterocycles. The van der Waals surface area contributed by atoms with Crippen LogP contribution in [0.4, 0.5) is 5.69 Å². The molecular formula is C24H35NO5. The molecule has 30 heavy (non-hydrogen) atoms. The number of nitrogens with one attached hydrogen (secondary N) is 1. The monoisotopic (exact) mass is 417 g/mol. The van der Waals surface area contributed by atoms with Crippen LogP contribution >= 0.6 is 0 Å². The fraction of sp³-hybridized carbons (Fsp3) is 0.500. The summed E-state index contributed by atoms with van der Waals surface area (Å²) in [7, 11) is 3.57. The van der Waals surface area contributed by atoms with Crippen molar-refractivity contribution >= 4 is 5.69 Å². The predicted molar refractivity (Wildman–Crippen MR) is 121 cm³/mol. The van der Waals surface area contributed by atoms with Gasteiger partial charge in [0.05, 0.1) is 46.2 Å². The van der Waals surface area contributed by atoms with Crippen molar-refractivity contribution in [2.24, 2.45) is 0 Å². The summed E-state index contributed by atoms with van der Waals surface area (Å²) in [5.74, 6) is 0.825. The minimum atomic E-state index is 0.486. The quantitative estimate of drug-likeness (QED) is 0.441. The van der Waals surface area contributed by atoms with E-state index in [4.69, 9.17) is 23.7 Å². The Labute approximate surface area is 180 Å². The van der Waals surface area contributed by atoms with E-state index in [1.54, 1.807) is 7.11 Å². The largest absolute Gasteiger partial charge is 0.491 e. The topological polar surface area (TPSA) is 58.2 Å². The zero-order valence-corrected chi connectivity index (χ0v) is 18.7. The maximum atomic E-state index is 5.93. The van der Waals surface area contributed by atoms with Gasteiger partial charge in [0, 0.05) is 25.9 Å². The van der Waals surface area contributed by atoms with E-state index in [0.29, 0.717) is 52.9 Å². The van der Waals surface area contributed by atoms with Gasteiger partial charge in [-0.1, -0.05) is 23.8 Å². The third kappa shape index (κ3) is 8.71. The SMILES string of the molecule is CNc1cc(OCCOCCOCCOCCOC)cc(-c2cc(C)ccc2C)c1. The molecule has 0 radical (unpaired) electrons. The van der Waals surface area contributed by atoms with Crippen molar-refractivity contribution in [3.63, 3.8) is 0 Å². The fourth-order valence-electron chi connectivity index (χ4n) is 2.93. The third-order valence-corrected chi connectivity index (χ3v) is 4.57. The van der Waals surface area contributed by atoms with Crippen molar-refractivity contribution in [2.75, 3.05) is 72.3 Å². The molecule has 166 valence electrons. The van der Waals surface area contributed by atoms with Crippen LogP contribution in [0.15, 0.2) is 36.4 Å². The van der Waals surface area contributed by atoms with Gasteiger partial charge in [-0.05, 0) is 42.7 Å². The van der Waals surface area contributed by atoms with Gasteiger partial charge in [0.15, 0.2) is 0 Å². The van der Waals surface area contributed by atoms with Crippen molar-refractivity contribution in [1.29, 1.82) is 0 Å². The Kier molecular flexibility index (Phi) is 11.3. The van der Waals surface area contributed by atoms with Crippen LogP contribution < -0.4 is 10.1 Å². The van der Waals surface area contributed by atoms with E-state index in [1.807, 2.05) is 13.1 Å². The summed E-state index contributed by atoms with van der Waals surface area (Å²) in [6.07, 6.45) is 0. The molecule has 0 unspecified atom stereocenters. The highest BCUT2D eigenvalue weighted by Gasteiger charge is 2.07. The highest BCUT2D eigenvalue weighted by molar-refractivity contribution is 5.73. The van der Waals surface area contributed by atoms with Crippen molar-refractivity contribution in [3.8, 4) is 16.9 Å². The second kappa shape index (κ2) is 14.0. The van der Waals surface area contributed by atoms with Gasteiger partial charge in [-0.25, -0.2) is 0 Å². The Morgan fingerprint density at radius 2 is 1.37 bits per heavy atom. The first-order chi connectivity index (χ1) is 14.6. The number of benzene rings is 2. The molecule has 0 saturated heterocycles. The van der Waals surface area contributed by atoms with Crippen molar-refractivity contribution in [2.45, 2.75) is 13.8 Å². The van der Waals surface area contributed by atoms with Crippen LogP contribution in [0.3, 0.4) is 0 Å². The molecule has 2 aromatic rings. The highest BCUT2D eigenvalue weighted by atomic mass is 16.6. The Balaban J connectivity index is 1.72. The fourth-order valence-corrected chi connectivity index (χ4v) is 2.93. The van der Waals surface area contributed by atoms with E-state index in [1.165, 1.54) is 16.7 Å². The number of hydrogen-bond donors (Lipinski definition) is 1. The van der Waals surface area contributed by atoms with E-state index in [2.05, 4.69) is 49.5 Å². The smallest absolute Gasteiger partial charge is 0.122 e. The van der Waals surface area contributed by atoms with E-state index in [9.17, 15) is 0 Å². The molecule has 0 heterocycles. The van der Waals surface area contributed by atoms with E-state index < -0.39 is 0 Å². The molecule has 0 atom stereocenters. The molecule has 6 heteroatoms. The van der Waals surface area contributed by atoms with Crippen LogP contribution in [0.5, 0.6) is 5.75 Å². The molecule has 2 aromatic carbocycles. The lowest BCUT2D eigenvalue weighted by atomic mass is 9.98. The molecule has 2 rings (SSSR count).